The Kier molecular flexibility index (Phi) is 6.39. The normalized spacial score (nSPS) is 11.0. The first-order valence-electron chi connectivity index (χ1n) is 8.61. The van der Waals surface area contributed by atoms with Crippen LogP contribution in [0.25, 0.3) is 0 Å². The van der Waals surface area contributed by atoms with Crippen molar-refractivity contribution in [2.75, 3.05) is 11.9 Å². The van der Waals surface area contributed by atoms with Crippen LogP contribution in [-0.2, 0) is 11.3 Å². The van der Waals surface area contributed by atoms with Crippen molar-refractivity contribution in [3.05, 3.63) is 82.4 Å². The summed E-state index contributed by atoms with van der Waals surface area (Å²) in [6, 6.07) is 15.5. The lowest BCUT2D eigenvalue weighted by Gasteiger charge is -2.04. The van der Waals surface area contributed by atoms with Gasteiger partial charge in [-0.1, -0.05) is 41.9 Å². The highest BCUT2D eigenvalue weighted by molar-refractivity contribution is 6.32. The summed E-state index contributed by atoms with van der Waals surface area (Å²) in [6.45, 7) is 2.30. The number of nitrogens with one attached hydrogen (secondary N) is 2. The fraction of sp³-hybridized carbons (Fsp3) is 0.150. The number of hydrogen-bond acceptors (Lipinski definition) is 4. The largest absolute Gasteiger partial charge is 0.376 e. The second-order valence-corrected chi connectivity index (χ2v) is 6.44. The summed E-state index contributed by atoms with van der Waals surface area (Å²) in [5.41, 5.74) is 5.46. The number of para-hydroxylation sites is 1. The van der Waals surface area contributed by atoms with Crippen molar-refractivity contribution in [3.63, 3.8) is 0 Å². The van der Waals surface area contributed by atoms with Gasteiger partial charge < -0.3 is 5.32 Å². The summed E-state index contributed by atoms with van der Waals surface area (Å²) in [5.74, 6) is -0.579. The van der Waals surface area contributed by atoms with Gasteiger partial charge in [0.15, 0.2) is 0 Å². The van der Waals surface area contributed by atoms with Gasteiger partial charge in [0.05, 0.1) is 30.6 Å². The molecule has 0 saturated carbocycles. The molecular formula is C20H19ClFN5O. The number of aromatic nitrogens is 2. The minimum absolute atomic E-state index is 0.0951. The molecule has 8 heteroatoms. The highest BCUT2D eigenvalue weighted by Gasteiger charge is 2.12. The van der Waals surface area contributed by atoms with Crippen LogP contribution < -0.4 is 10.7 Å². The zero-order chi connectivity index (χ0) is 19.9. The van der Waals surface area contributed by atoms with E-state index < -0.39 is 0 Å². The molecule has 28 heavy (non-hydrogen) atoms. The fourth-order valence-electron chi connectivity index (χ4n) is 2.53. The van der Waals surface area contributed by atoms with Gasteiger partial charge in [-0.15, -0.1) is 0 Å². The molecule has 2 aromatic carbocycles. The highest BCUT2D eigenvalue weighted by Crippen LogP contribution is 2.19. The Labute approximate surface area is 167 Å². The number of benzene rings is 2. The maximum Gasteiger partial charge on any atom is 0.259 e. The maximum atomic E-state index is 13.0. The summed E-state index contributed by atoms with van der Waals surface area (Å²) in [4.78, 5) is 11.9. The van der Waals surface area contributed by atoms with Gasteiger partial charge >= 0.3 is 0 Å². The number of carbonyl (C=O) groups excluding carboxylic acids is 1. The second kappa shape index (κ2) is 9.14. The van der Waals surface area contributed by atoms with Gasteiger partial charge in [-0.2, -0.15) is 10.2 Å². The minimum atomic E-state index is -0.295. The molecule has 3 rings (SSSR count). The molecule has 2 N–H and O–H groups in total. The number of halogens is 2. The van der Waals surface area contributed by atoms with Crippen molar-refractivity contribution in [1.29, 1.82) is 0 Å². The zero-order valence-electron chi connectivity index (χ0n) is 15.2. The van der Waals surface area contributed by atoms with Crippen molar-refractivity contribution in [1.82, 2.24) is 15.2 Å². The first-order chi connectivity index (χ1) is 13.5. The van der Waals surface area contributed by atoms with Gasteiger partial charge in [0, 0.05) is 5.69 Å². The smallest absolute Gasteiger partial charge is 0.259 e. The Morgan fingerprint density at radius 2 is 1.93 bits per heavy atom. The van der Waals surface area contributed by atoms with E-state index in [4.69, 9.17) is 11.6 Å². The van der Waals surface area contributed by atoms with E-state index in [1.807, 2.05) is 30.3 Å². The lowest BCUT2D eigenvalue weighted by molar-refractivity contribution is -0.119. The molecule has 6 nitrogen and oxygen atoms in total. The number of nitrogens with zero attached hydrogens (tertiary/aromatic N) is 3. The molecule has 0 radical (unpaired) electrons. The van der Waals surface area contributed by atoms with Crippen molar-refractivity contribution in [2.45, 2.75) is 13.5 Å². The van der Waals surface area contributed by atoms with Crippen LogP contribution in [-0.4, -0.2) is 28.4 Å². The van der Waals surface area contributed by atoms with Crippen LogP contribution in [0.15, 0.2) is 59.7 Å². The van der Waals surface area contributed by atoms with Crippen molar-refractivity contribution in [2.24, 2.45) is 5.10 Å². The standard InChI is InChI=1S/C20H19ClFN5O/c1-14-18(11-24-25-19(28)12-23-17-5-3-2-4-6-17)20(21)27(26-14)13-15-7-9-16(22)10-8-15/h2-11,23H,12-13H2,1H3,(H,25,28)/b24-11-. The van der Waals surface area contributed by atoms with Gasteiger partial charge in [-0.25, -0.2) is 14.5 Å². The SMILES string of the molecule is Cc1nn(Cc2ccc(F)cc2)c(Cl)c1/C=N\NC(=O)CNc1ccccc1. The first-order valence-corrected chi connectivity index (χ1v) is 8.99. The lowest BCUT2D eigenvalue weighted by Crippen LogP contribution is -2.25. The quantitative estimate of drug-likeness (QED) is 0.471. The zero-order valence-corrected chi connectivity index (χ0v) is 15.9. The predicted molar refractivity (Wildman–Crippen MR) is 108 cm³/mol. The van der Waals surface area contributed by atoms with Gasteiger partial charge in [0.25, 0.3) is 5.91 Å². The molecule has 1 amide bonds. The third kappa shape index (κ3) is 5.17. The summed E-state index contributed by atoms with van der Waals surface area (Å²) in [7, 11) is 0. The number of carbonyl (C=O) groups is 1. The highest BCUT2D eigenvalue weighted by atomic mass is 35.5. The molecule has 0 aliphatic heterocycles. The van der Waals surface area contributed by atoms with Gasteiger partial charge in [-0.3, -0.25) is 4.79 Å². The average Bonchev–Trinajstić information content (AvgIpc) is 2.96. The summed E-state index contributed by atoms with van der Waals surface area (Å²) in [5, 5.41) is 11.7. The number of amides is 1. The van der Waals surface area contributed by atoms with E-state index in [2.05, 4.69) is 20.9 Å². The van der Waals surface area contributed by atoms with Crippen molar-refractivity contribution >= 4 is 29.4 Å². The van der Waals surface area contributed by atoms with Gasteiger partial charge in [0.1, 0.15) is 11.0 Å². The number of hydrogen-bond donors (Lipinski definition) is 2. The molecule has 0 unspecified atom stereocenters. The molecule has 0 spiro atoms. The van der Waals surface area contributed by atoms with Crippen molar-refractivity contribution < 1.29 is 9.18 Å². The number of hydrazone groups is 1. The monoisotopic (exact) mass is 399 g/mol. The van der Waals surface area contributed by atoms with E-state index in [-0.39, 0.29) is 18.3 Å². The summed E-state index contributed by atoms with van der Waals surface area (Å²) in [6.07, 6.45) is 1.46. The molecule has 0 bridgehead atoms. The average molecular weight is 400 g/mol. The minimum Gasteiger partial charge on any atom is -0.376 e. The summed E-state index contributed by atoms with van der Waals surface area (Å²) >= 11 is 6.38. The Balaban J connectivity index is 1.58. The van der Waals surface area contributed by atoms with Crippen LogP contribution in [0.4, 0.5) is 10.1 Å². The van der Waals surface area contributed by atoms with Crippen LogP contribution >= 0.6 is 11.6 Å². The first kappa shape index (κ1) is 19.6. The molecule has 0 saturated heterocycles. The van der Waals surface area contributed by atoms with E-state index in [9.17, 15) is 9.18 Å². The van der Waals surface area contributed by atoms with Crippen molar-refractivity contribution in [3.8, 4) is 0 Å². The Morgan fingerprint density at radius 3 is 2.64 bits per heavy atom. The van der Waals surface area contributed by atoms with E-state index in [0.717, 1.165) is 11.3 Å². The summed E-state index contributed by atoms with van der Waals surface area (Å²) < 4.78 is 14.6. The molecule has 144 valence electrons. The molecule has 0 aliphatic carbocycles. The number of anilines is 1. The molecule has 0 fully saturated rings. The Morgan fingerprint density at radius 1 is 1.21 bits per heavy atom. The number of rotatable bonds is 7. The lowest BCUT2D eigenvalue weighted by atomic mass is 10.2. The van der Waals surface area contributed by atoms with Crippen LogP contribution in [0.3, 0.4) is 0 Å². The van der Waals surface area contributed by atoms with Crippen LogP contribution in [0.1, 0.15) is 16.8 Å². The Bertz CT molecular complexity index is 970. The van der Waals surface area contributed by atoms with Crippen LogP contribution in [0.5, 0.6) is 0 Å². The number of aryl methyl sites for hydroxylation is 1. The van der Waals surface area contributed by atoms with Gasteiger partial charge in [0.2, 0.25) is 0 Å². The van der Waals surface area contributed by atoms with Crippen LogP contribution in [0.2, 0.25) is 5.15 Å². The van der Waals surface area contributed by atoms with E-state index in [1.165, 1.54) is 18.3 Å². The molecule has 1 aromatic heterocycles. The second-order valence-electron chi connectivity index (χ2n) is 6.09. The third-order valence-corrected chi connectivity index (χ3v) is 4.36. The maximum absolute atomic E-state index is 13.0. The Hall–Kier alpha value is -3.19. The molecular weight excluding hydrogens is 381 g/mol. The van der Waals surface area contributed by atoms with E-state index in [1.54, 1.807) is 23.7 Å². The predicted octanol–water partition coefficient (Wildman–Crippen LogP) is 3.59. The molecule has 1 heterocycles. The fourth-order valence-corrected chi connectivity index (χ4v) is 2.81. The van der Waals surface area contributed by atoms with E-state index >= 15 is 0 Å². The third-order valence-electron chi connectivity index (χ3n) is 3.96. The molecule has 0 atom stereocenters. The molecule has 3 aromatic rings. The van der Waals surface area contributed by atoms with Crippen LogP contribution in [0, 0.1) is 12.7 Å². The van der Waals surface area contributed by atoms with Gasteiger partial charge in [-0.05, 0) is 36.8 Å². The topological polar surface area (TPSA) is 71.3 Å². The molecule has 0 aliphatic rings. The van der Waals surface area contributed by atoms with E-state index in [0.29, 0.717) is 23.0 Å².